The maximum atomic E-state index is 11.3. The Morgan fingerprint density at radius 3 is 3.00 bits per heavy atom. The number of alkyl carbamates (subject to hydrolysis) is 1. The van der Waals surface area contributed by atoms with Gasteiger partial charge in [-0.25, -0.2) is 4.79 Å². The van der Waals surface area contributed by atoms with Gasteiger partial charge < -0.3 is 21.1 Å². The fourth-order valence-electron chi connectivity index (χ4n) is 1.71. The van der Waals surface area contributed by atoms with E-state index in [2.05, 4.69) is 22.5 Å². The van der Waals surface area contributed by atoms with Crippen LogP contribution in [0, 0.1) is 0 Å². The molecule has 6 heteroatoms. The second-order valence-corrected chi connectivity index (χ2v) is 4.45. The zero-order valence-electron chi connectivity index (χ0n) is 12.0. The van der Waals surface area contributed by atoms with E-state index < -0.39 is 0 Å². The quantitative estimate of drug-likeness (QED) is 0.591. The van der Waals surface area contributed by atoms with Crippen molar-refractivity contribution < 1.29 is 9.53 Å². The molecule has 1 heterocycles. The average Bonchev–Trinajstić information content (AvgIpc) is 2.48. The summed E-state index contributed by atoms with van der Waals surface area (Å²) in [6.45, 7) is 4.06. The van der Waals surface area contributed by atoms with Crippen molar-refractivity contribution in [3.8, 4) is 0 Å². The number of rotatable bonds is 9. The Kier molecular flexibility index (Phi) is 8.33. The molecule has 20 heavy (non-hydrogen) atoms. The van der Waals surface area contributed by atoms with Crippen LogP contribution in [0.5, 0.6) is 0 Å². The highest BCUT2D eigenvalue weighted by atomic mass is 16.5. The molecular weight excluding hydrogens is 256 g/mol. The second-order valence-electron chi connectivity index (χ2n) is 4.45. The van der Waals surface area contributed by atoms with Gasteiger partial charge in [0, 0.05) is 38.1 Å². The molecule has 112 valence electrons. The van der Waals surface area contributed by atoms with E-state index in [9.17, 15) is 4.79 Å². The first-order valence-corrected chi connectivity index (χ1v) is 7.02. The van der Waals surface area contributed by atoms with Crippen molar-refractivity contribution in [3.05, 3.63) is 30.1 Å². The van der Waals surface area contributed by atoms with E-state index in [1.807, 2.05) is 12.1 Å². The van der Waals surface area contributed by atoms with Crippen LogP contribution in [0.3, 0.4) is 0 Å². The van der Waals surface area contributed by atoms with Gasteiger partial charge in [-0.1, -0.05) is 19.4 Å². The summed E-state index contributed by atoms with van der Waals surface area (Å²) in [6, 6.07) is 3.86. The summed E-state index contributed by atoms with van der Waals surface area (Å²) in [5.74, 6) is 0. The Morgan fingerprint density at radius 1 is 1.50 bits per heavy atom. The van der Waals surface area contributed by atoms with E-state index >= 15 is 0 Å². The average molecular weight is 280 g/mol. The highest BCUT2D eigenvalue weighted by Crippen LogP contribution is 2.08. The highest BCUT2D eigenvalue weighted by molar-refractivity contribution is 5.66. The van der Waals surface area contributed by atoms with Gasteiger partial charge in [0.2, 0.25) is 0 Å². The number of aromatic nitrogens is 1. The molecule has 0 aliphatic carbocycles. The number of pyridine rings is 1. The summed E-state index contributed by atoms with van der Waals surface area (Å²) in [7, 11) is 0. The topological polar surface area (TPSA) is 89.3 Å². The van der Waals surface area contributed by atoms with Gasteiger partial charge >= 0.3 is 6.09 Å². The first-order valence-electron chi connectivity index (χ1n) is 7.02. The number of nitrogens with one attached hydrogen (secondary N) is 2. The van der Waals surface area contributed by atoms with Crippen molar-refractivity contribution >= 4 is 6.09 Å². The number of amides is 1. The molecule has 1 aromatic heterocycles. The van der Waals surface area contributed by atoms with E-state index in [4.69, 9.17) is 10.5 Å². The van der Waals surface area contributed by atoms with Crippen molar-refractivity contribution in [1.82, 2.24) is 15.6 Å². The molecule has 0 saturated carbocycles. The molecule has 1 atom stereocenters. The second kappa shape index (κ2) is 10.2. The van der Waals surface area contributed by atoms with Crippen LogP contribution in [0.25, 0.3) is 0 Å². The lowest BCUT2D eigenvalue weighted by Gasteiger charge is -2.16. The summed E-state index contributed by atoms with van der Waals surface area (Å²) in [6.07, 6.45) is 5.14. The van der Waals surface area contributed by atoms with E-state index in [-0.39, 0.29) is 12.1 Å². The van der Waals surface area contributed by atoms with Gasteiger partial charge in [0.1, 0.15) is 6.61 Å². The molecule has 0 aliphatic heterocycles. The first-order chi connectivity index (χ1) is 9.77. The van der Waals surface area contributed by atoms with Crippen molar-refractivity contribution in [2.24, 2.45) is 5.73 Å². The lowest BCUT2D eigenvalue weighted by atomic mass is 10.1. The number of nitrogens with zero attached hydrogens (tertiary/aromatic N) is 1. The Labute approximate surface area is 120 Å². The van der Waals surface area contributed by atoms with Crippen molar-refractivity contribution in [1.29, 1.82) is 0 Å². The minimum absolute atomic E-state index is 0.0236. The molecule has 4 N–H and O–H groups in total. The SMILES string of the molecule is CCCCNC(=O)OCCNC(CN)c1cccnc1. The fraction of sp³-hybridized carbons (Fsp3) is 0.571. The van der Waals surface area contributed by atoms with Crippen LogP contribution in [-0.4, -0.2) is 37.3 Å². The van der Waals surface area contributed by atoms with Crippen LogP contribution in [0.15, 0.2) is 24.5 Å². The maximum Gasteiger partial charge on any atom is 0.407 e. The van der Waals surface area contributed by atoms with E-state index in [1.165, 1.54) is 0 Å². The number of carbonyl (C=O) groups excluding carboxylic acids is 1. The molecule has 0 aliphatic rings. The number of unbranched alkanes of at least 4 members (excludes halogenated alkanes) is 1. The Balaban J connectivity index is 2.17. The zero-order valence-corrected chi connectivity index (χ0v) is 12.0. The molecule has 6 nitrogen and oxygen atoms in total. The molecular formula is C14H24N4O2. The van der Waals surface area contributed by atoms with Gasteiger partial charge in [-0.15, -0.1) is 0 Å². The monoisotopic (exact) mass is 280 g/mol. The lowest BCUT2D eigenvalue weighted by molar-refractivity contribution is 0.145. The van der Waals surface area contributed by atoms with E-state index in [1.54, 1.807) is 12.4 Å². The van der Waals surface area contributed by atoms with Crippen molar-refractivity contribution in [3.63, 3.8) is 0 Å². The molecule has 0 radical (unpaired) electrons. The summed E-state index contributed by atoms with van der Waals surface area (Å²) >= 11 is 0. The summed E-state index contributed by atoms with van der Waals surface area (Å²) in [5, 5.41) is 5.93. The molecule has 1 amide bonds. The first kappa shape index (κ1) is 16.4. The molecule has 0 saturated heterocycles. The third kappa shape index (κ3) is 6.49. The van der Waals surface area contributed by atoms with Crippen LogP contribution in [-0.2, 0) is 4.74 Å². The molecule has 1 unspecified atom stereocenters. The van der Waals surface area contributed by atoms with Crippen LogP contribution in [0.2, 0.25) is 0 Å². The van der Waals surface area contributed by atoms with Crippen molar-refractivity contribution in [2.45, 2.75) is 25.8 Å². The number of hydrogen-bond acceptors (Lipinski definition) is 5. The number of nitrogens with two attached hydrogens (primary N) is 1. The molecule has 0 fully saturated rings. The number of carbonyl (C=O) groups is 1. The number of ether oxygens (including phenoxy) is 1. The summed E-state index contributed by atoms with van der Waals surface area (Å²) in [4.78, 5) is 15.4. The minimum atomic E-state index is -0.370. The molecule has 1 rings (SSSR count). The van der Waals surface area contributed by atoms with Gasteiger partial charge in [0.25, 0.3) is 0 Å². The van der Waals surface area contributed by atoms with E-state index in [0.717, 1.165) is 18.4 Å². The standard InChI is InChI=1S/C14H24N4O2/c1-2-3-7-18-14(19)20-9-8-17-13(10-15)12-5-4-6-16-11-12/h4-6,11,13,17H,2-3,7-10,15H2,1H3,(H,18,19). The van der Waals surface area contributed by atoms with Gasteiger partial charge in [-0.05, 0) is 18.1 Å². The van der Waals surface area contributed by atoms with Gasteiger partial charge in [-0.2, -0.15) is 0 Å². The summed E-state index contributed by atoms with van der Waals surface area (Å²) < 4.78 is 5.05. The third-order valence-electron chi connectivity index (χ3n) is 2.85. The van der Waals surface area contributed by atoms with Crippen LogP contribution < -0.4 is 16.4 Å². The predicted octanol–water partition coefficient (Wildman–Crippen LogP) is 1.20. The zero-order chi connectivity index (χ0) is 14.6. The minimum Gasteiger partial charge on any atom is -0.448 e. The molecule has 0 spiro atoms. The van der Waals surface area contributed by atoms with Crippen molar-refractivity contribution in [2.75, 3.05) is 26.2 Å². The van der Waals surface area contributed by atoms with Gasteiger partial charge in [0.05, 0.1) is 0 Å². The van der Waals surface area contributed by atoms with Crippen LogP contribution in [0.4, 0.5) is 4.79 Å². The molecule has 1 aromatic rings. The molecule has 0 aromatic carbocycles. The van der Waals surface area contributed by atoms with Gasteiger partial charge in [0.15, 0.2) is 0 Å². The van der Waals surface area contributed by atoms with Crippen LogP contribution >= 0.6 is 0 Å². The Morgan fingerprint density at radius 2 is 2.35 bits per heavy atom. The lowest BCUT2D eigenvalue weighted by Crippen LogP contribution is -2.33. The molecule has 0 bridgehead atoms. The van der Waals surface area contributed by atoms with E-state index in [0.29, 0.717) is 26.2 Å². The Bertz CT molecular complexity index is 373. The normalized spacial score (nSPS) is 11.9. The largest absolute Gasteiger partial charge is 0.448 e. The Hall–Kier alpha value is -1.66. The maximum absolute atomic E-state index is 11.3. The van der Waals surface area contributed by atoms with Crippen LogP contribution in [0.1, 0.15) is 31.4 Å². The third-order valence-corrected chi connectivity index (χ3v) is 2.85. The highest BCUT2D eigenvalue weighted by Gasteiger charge is 2.08. The smallest absolute Gasteiger partial charge is 0.407 e. The predicted molar refractivity (Wildman–Crippen MR) is 78.3 cm³/mol. The van der Waals surface area contributed by atoms with Gasteiger partial charge in [-0.3, -0.25) is 4.98 Å². The number of hydrogen-bond donors (Lipinski definition) is 3. The fourth-order valence-corrected chi connectivity index (χ4v) is 1.71. The summed E-state index contributed by atoms with van der Waals surface area (Å²) in [5.41, 5.74) is 6.75.